The molecule has 0 aliphatic heterocycles. The normalized spacial score (nSPS) is 12.6. The summed E-state index contributed by atoms with van der Waals surface area (Å²) in [5, 5.41) is 6.64. The molecule has 0 aliphatic carbocycles. The highest BCUT2D eigenvalue weighted by molar-refractivity contribution is 7.07. The molecule has 5 heteroatoms. The highest BCUT2D eigenvalue weighted by Gasteiger charge is 2.12. The van der Waals surface area contributed by atoms with Gasteiger partial charge < -0.3 is 0 Å². The number of aryl methyl sites for hydroxylation is 1. The van der Waals surface area contributed by atoms with Gasteiger partial charge in [0.15, 0.2) is 0 Å². The van der Waals surface area contributed by atoms with Crippen molar-refractivity contribution in [3.8, 4) is 11.3 Å². The topological polar surface area (TPSA) is 29.6 Å². The molecule has 0 unspecified atom stereocenters. The largest absolute Gasteiger partial charge is 0.258 e. The standard InChI is InChI=1S/C20H20FN3S/c1-4-22-20-24(23-15(3)16-11-9-14(2)10-12-16)19(13-25-20)17-7-5-6-8-18(17)21/h5-13H,4H2,1-3H3. The maximum absolute atomic E-state index is 14.3. The first-order valence-corrected chi connectivity index (χ1v) is 9.06. The van der Waals surface area contributed by atoms with Gasteiger partial charge >= 0.3 is 0 Å². The molecular formula is C20H20FN3S. The van der Waals surface area contributed by atoms with E-state index in [-0.39, 0.29) is 5.82 Å². The zero-order chi connectivity index (χ0) is 17.8. The third-order valence-corrected chi connectivity index (χ3v) is 4.70. The predicted octanol–water partition coefficient (Wildman–Crippen LogP) is 4.86. The molecule has 25 heavy (non-hydrogen) atoms. The number of thiazole rings is 1. The molecule has 3 nitrogen and oxygen atoms in total. The molecule has 0 N–H and O–H groups in total. The fourth-order valence-electron chi connectivity index (χ4n) is 2.50. The summed E-state index contributed by atoms with van der Waals surface area (Å²) in [5.74, 6) is -0.264. The van der Waals surface area contributed by atoms with E-state index in [1.54, 1.807) is 16.8 Å². The van der Waals surface area contributed by atoms with Crippen LogP contribution in [0.15, 0.2) is 64.0 Å². The lowest BCUT2D eigenvalue weighted by Gasteiger charge is -2.07. The van der Waals surface area contributed by atoms with Crippen molar-refractivity contribution in [3.63, 3.8) is 0 Å². The fraction of sp³-hybridized carbons (Fsp3) is 0.200. The lowest BCUT2D eigenvalue weighted by Crippen LogP contribution is -2.14. The molecule has 1 heterocycles. The molecule has 0 saturated heterocycles. The number of hydrogen-bond acceptors (Lipinski definition) is 3. The Morgan fingerprint density at radius 1 is 1.12 bits per heavy atom. The van der Waals surface area contributed by atoms with E-state index in [0.717, 1.165) is 16.1 Å². The van der Waals surface area contributed by atoms with Gasteiger partial charge in [-0.1, -0.05) is 42.0 Å². The number of nitrogens with zero attached hydrogens (tertiary/aromatic N) is 3. The summed E-state index contributed by atoms with van der Waals surface area (Å²) in [6.07, 6.45) is 0. The van der Waals surface area contributed by atoms with Crippen LogP contribution in [-0.4, -0.2) is 16.9 Å². The van der Waals surface area contributed by atoms with E-state index in [9.17, 15) is 4.39 Å². The zero-order valence-electron chi connectivity index (χ0n) is 14.5. The quantitative estimate of drug-likeness (QED) is 0.600. The van der Waals surface area contributed by atoms with Crippen LogP contribution in [0.5, 0.6) is 0 Å². The van der Waals surface area contributed by atoms with Crippen molar-refractivity contribution >= 4 is 17.0 Å². The van der Waals surface area contributed by atoms with Crippen molar-refractivity contribution in [1.82, 2.24) is 4.68 Å². The van der Waals surface area contributed by atoms with Gasteiger partial charge in [0.2, 0.25) is 4.80 Å². The van der Waals surface area contributed by atoms with Crippen LogP contribution in [0.4, 0.5) is 4.39 Å². The van der Waals surface area contributed by atoms with Gasteiger partial charge in [0.05, 0.1) is 11.4 Å². The molecule has 0 spiro atoms. The van der Waals surface area contributed by atoms with Gasteiger partial charge in [-0.3, -0.25) is 4.99 Å². The van der Waals surface area contributed by atoms with Gasteiger partial charge in [-0.25, -0.2) is 9.07 Å². The minimum atomic E-state index is -0.264. The Labute approximate surface area is 150 Å². The van der Waals surface area contributed by atoms with E-state index in [0.29, 0.717) is 17.8 Å². The zero-order valence-corrected chi connectivity index (χ0v) is 15.3. The molecular weight excluding hydrogens is 333 g/mol. The van der Waals surface area contributed by atoms with Crippen LogP contribution >= 0.6 is 11.3 Å². The van der Waals surface area contributed by atoms with Crippen LogP contribution in [0, 0.1) is 12.7 Å². The number of halogens is 1. The first kappa shape index (κ1) is 17.3. The van der Waals surface area contributed by atoms with Gasteiger partial charge in [0.1, 0.15) is 5.82 Å². The van der Waals surface area contributed by atoms with Crippen molar-refractivity contribution in [2.24, 2.45) is 10.1 Å². The van der Waals surface area contributed by atoms with E-state index in [4.69, 9.17) is 5.10 Å². The first-order chi connectivity index (χ1) is 12.1. The summed E-state index contributed by atoms with van der Waals surface area (Å²) in [6, 6.07) is 14.9. The second-order valence-electron chi connectivity index (χ2n) is 5.72. The Bertz CT molecular complexity index is 965. The summed E-state index contributed by atoms with van der Waals surface area (Å²) in [5.41, 5.74) is 4.33. The summed E-state index contributed by atoms with van der Waals surface area (Å²) < 4.78 is 16.0. The van der Waals surface area contributed by atoms with Crippen LogP contribution in [0.25, 0.3) is 11.3 Å². The maximum Gasteiger partial charge on any atom is 0.206 e. The Kier molecular flexibility index (Phi) is 5.24. The minimum absolute atomic E-state index is 0.264. The Balaban J connectivity index is 2.15. The molecule has 0 aliphatic rings. The summed E-state index contributed by atoms with van der Waals surface area (Å²) >= 11 is 1.47. The van der Waals surface area contributed by atoms with E-state index < -0.39 is 0 Å². The average molecular weight is 353 g/mol. The monoisotopic (exact) mass is 353 g/mol. The highest BCUT2D eigenvalue weighted by atomic mass is 32.1. The van der Waals surface area contributed by atoms with E-state index in [1.165, 1.54) is 23.0 Å². The molecule has 0 bridgehead atoms. The molecule has 0 amide bonds. The number of rotatable bonds is 4. The van der Waals surface area contributed by atoms with Gasteiger partial charge in [-0.2, -0.15) is 5.10 Å². The lowest BCUT2D eigenvalue weighted by atomic mass is 10.1. The van der Waals surface area contributed by atoms with Crippen LogP contribution in [0.1, 0.15) is 25.0 Å². The first-order valence-electron chi connectivity index (χ1n) is 8.18. The minimum Gasteiger partial charge on any atom is -0.258 e. The van der Waals surface area contributed by atoms with Crippen molar-refractivity contribution in [2.75, 3.05) is 6.54 Å². The molecule has 128 valence electrons. The molecule has 0 fully saturated rings. The molecule has 0 saturated carbocycles. The molecule has 3 aromatic rings. The third kappa shape index (κ3) is 3.77. The van der Waals surface area contributed by atoms with Crippen molar-refractivity contribution < 1.29 is 4.39 Å². The third-order valence-electron chi connectivity index (χ3n) is 3.85. The van der Waals surface area contributed by atoms with E-state index >= 15 is 0 Å². The van der Waals surface area contributed by atoms with Crippen molar-refractivity contribution in [2.45, 2.75) is 20.8 Å². The Hall–Kier alpha value is -2.53. The van der Waals surface area contributed by atoms with Crippen LogP contribution in [0.2, 0.25) is 0 Å². The molecule has 1 aromatic heterocycles. The summed E-state index contributed by atoms with van der Waals surface area (Å²) in [6.45, 7) is 6.63. The van der Waals surface area contributed by atoms with Gasteiger partial charge in [-0.15, -0.1) is 11.3 Å². The predicted molar refractivity (Wildman–Crippen MR) is 103 cm³/mol. The molecule has 3 rings (SSSR count). The van der Waals surface area contributed by atoms with Crippen molar-refractivity contribution in [1.29, 1.82) is 0 Å². The smallest absolute Gasteiger partial charge is 0.206 e. The second kappa shape index (κ2) is 7.57. The summed E-state index contributed by atoms with van der Waals surface area (Å²) in [4.78, 5) is 5.25. The number of benzene rings is 2. The number of hydrogen-bond donors (Lipinski definition) is 0. The van der Waals surface area contributed by atoms with Crippen LogP contribution in [0.3, 0.4) is 0 Å². The summed E-state index contributed by atoms with van der Waals surface area (Å²) in [7, 11) is 0. The van der Waals surface area contributed by atoms with Crippen LogP contribution < -0.4 is 4.80 Å². The van der Waals surface area contributed by atoms with E-state index in [1.807, 2.05) is 37.4 Å². The lowest BCUT2D eigenvalue weighted by molar-refractivity contribution is 0.629. The van der Waals surface area contributed by atoms with Gasteiger partial charge in [0.25, 0.3) is 0 Å². The number of aromatic nitrogens is 1. The second-order valence-corrected chi connectivity index (χ2v) is 6.56. The molecule has 0 atom stereocenters. The van der Waals surface area contributed by atoms with Crippen molar-refractivity contribution in [3.05, 3.63) is 75.7 Å². The molecule has 0 radical (unpaired) electrons. The maximum atomic E-state index is 14.3. The van der Waals surface area contributed by atoms with Crippen LogP contribution in [-0.2, 0) is 0 Å². The SMILES string of the molecule is CCN=c1scc(-c2ccccc2F)n1N=C(C)c1ccc(C)cc1. The molecule has 2 aromatic carbocycles. The van der Waals surface area contributed by atoms with Gasteiger partial charge in [0, 0.05) is 17.5 Å². The van der Waals surface area contributed by atoms with E-state index in [2.05, 4.69) is 24.0 Å². The Morgan fingerprint density at radius 3 is 2.52 bits per heavy atom. The highest BCUT2D eigenvalue weighted by Crippen LogP contribution is 2.23. The van der Waals surface area contributed by atoms with Gasteiger partial charge in [-0.05, 0) is 38.5 Å². The fourth-order valence-corrected chi connectivity index (χ4v) is 3.38. The average Bonchev–Trinajstić information content (AvgIpc) is 2.99. The Morgan fingerprint density at radius 2 is 1.84 bits per heavy atom.